The van der Waals surface area contributed by atoms with Crippen LogP contribution in [0, 0.1) is 52.1 Å². The summed E-state index contributed by atoms with van der Waals surface area (Å²) < 4.78 is 53.0. The Morgan fingerprint density at radius 3 is 0.981 bits per heavy atom. The highest BCUT2D eigenvalue weighted by Gasteiger charge is 2.54. The molecule has 1 aliphatic heterocycles. The number of aromatic hydroxyl groups is 2. The molecule has 1 fully saturated rings. The first-order chi connectivity index (χ1) is 51.2. The number of phenolic OH excluding ortho intramolecular Hbond substituents is 2. The van der Waals surface area contributed by atoms with E-state index in [2.05, 4.69) is 27.7 Å². The van der Waals surface area contributed by atoms with Crippen LogP contribution < -0.4 is 9.47 Å². The predicted octanol–water partition coefficient (Wildman–Crippen LogP) is 19.3. The molecule has 0 aliphatic carbocycles. The van der Waals surface area contributed by atoms with Crippen molar-refractivity contribution < 1.29 is 72.6 Å². The fourth-order valence-electron chi connectivity index (χ4n) is 12.4. The average molecular weight is 1440 g/mol. The lowest BCUT2D eigenvalue weighted by Crippen LogP contribution is -2.29. The Labute approximate surface area is 611 Å². The van der Waals surface area contributed by atoms with Crippen LogP contribution in [0.5, 0.6) is 34.5 Å². The van der Waals surface area contributed by atoms with E-state index in [0.717, 1.165) is 22.3 Å². The number of ether oxygens (including phenoxy) is 4. The van der Waals surface area contributed by atoms with Gasteiger partial charge in [-0.05, 0) is 180 Å². The quantitative estimate of drug-likeness (QED) is 0.0295. The molecule has 23 heteroatoms. The lowest BCUT2D eigenvalue weighted by Gasteiger charge is -2.29. The molecular formula is C84H68F2N4O17. The molecule has 4 N–H and O–H groups in total. The second-order valence-electron chi connectivity index (χ2n) is 25.8. The molecule has 1 aliphatic rings. The Hall–Kier alpha value is -13.2. The lowest BCUT2D eigenvalue weighted by molar-refractivity contribution is -0.387. The number of halogens is 2. The molecule has 12 aromatic rings. The zero-order valence-corrected chi connectivity index (χ0v) is 57.7. The van der Waals surface area contributed by atoms with Gasteiger partial charge in [-0.3, -0.25) is 45.3 Å². The normalized spacial score (nSPS) is 15.2. The Balaban J connectivity index is 0.000000178. The van der Waals surface area contributed by atoms with E-state index in [9.17, 15) is 74.5 Å². The Bertz CT molecular complexity index is 5040. The van der Waals surface area contributed by atoms with Crippen LogP contribution >= 0.6 is 0 Å². The Morgan fingerprint density at radius 2 is 0.645 bits per heavy atom. The van der Waals surface area contributed by atoms with Crippen LogP contribution in [0.2, 0.25) is 0 Å². The monoisotopic (exact) mass is 1440 g/mol. The van der Waals surface area contributed by atoms with E-state index in [4.69, 9.17) is 18.9 Å². The lowest BCUT2D eigenvalue weighted by atomic mass is 9.78. The largest absolute Gasteiger partial charge is 0.508 e. The van der Waals surface area contributed by atoms with Crippen molar-refractivity contribution in [2.45, 2.75) is 68.7 Å². The molecule has 0 spiro atoms. The number of para-hydroxylation sites is 4. The number of aliphatic hydroxyl groups excluding tert-OH is 2. The van der Waals surface area contributed by atoms with Gasteiger partial charge in [-0.25, -0.2) is 8.78 Å². The van der Waals surface area contributed by atoms with Gasteiger partial charge in [-0.15, -0.1) is 0 Å². The van der Waals surface area contributed by atoms with E-state index in [1.165, 1.54) is 133 Å². The van der Waals surface area contributed by atoms with E-state index in [0.29, 0.717) is 45.3 Å². The van der Waals surface area contributed by atoms with E-state index in [1.54, 1.807) is 84.9 Å². The van der Waals surface area contributed by atoms with Gasteiger partial charge in [0.05, 0.1) is 41.9 Å². The summed E-state index contributed by atoms with van der Waals surface area (Å²) in [6, 6.07) is 77.3. The second kappa shape index (κ2) is 32.2. The third-order valence-electron chi connectivity index (χ3n) is 18.4. The van der Waals surface area contributed by atoms with Crippen LogP contribution in [0.4, 0.5) is 31.5 Å². The van der Waals surface area contributed by atoms with Gasteiger partial charge in [0.25, 0.3) is 22.7 Å². The predicted molar refractivity (Wildman–Crippen MR) is 393 cm³/mol. The number of nitro groups is 4. The molecular weight excluding hydrogens is 1370 g/mol. The number of rotatable bonds is 21. The Kier molecular flexibility index (Phi) is 22.6. The molecule has 0 bridgehead atoms. The molecule has 1 heterocycles. The molecule has 1 saturated heterocycles. The summed E-state index contributed by atoms with van der Waals surface area (Å²) in [7, 11) is 0. The minimum absolute atomic E-state index is 0.113. The van der Waals surface area contributed by atoms with E-state index < -0.39 is 55.7 Å². The molecule has 12 aromatic carbocycles. The zero-order chi connectivity index (χ0) is 76.3. The number of hydrogen-bond acceptors (Lipinski definition) is 17. The SMILES string of the molecule is CC(C)(c1ccc(O)cc1)c1ccc(Oc2ccc(C(=O)c3ccc(F)cc3)cc2)cc1.CC(C)(c1ccc(O)cc1)c1ccc(Oc2ccc(C3(c4ccc(F)cc4)OC(c4ccccc4[N+](=O)[O-])C(c4ccccc4[N+](=O)[O-])O3)cc2)cc1.O=[N+]([O-])c1ccccc1C(O)C(O)c1ccccc1[N+](=O)[O-]. The van der Waals surface area contributed by atoms with Crippen LogP contribution in [0.15, 0.2) is 291 Å². The summed E-state index contributed by atoms with van der Waals surface area (Å²) in [6.45, 7) is 8.45. The molecule has 0 saturated carbocycles. The first kappa shape index (κ1) is 75.0. The van der Waals surface area contributed by atoms with Crippen molar-refractivity contribution in [3.8, 4) is 34.5 Å². The third kappa shape index (κ3) is 16.9. The van der Waals surface area contributed by atoms with Gasteiger partial charge in [0.15, 0.2) is 5.78 Å². The van der Waals surface area contributed by atoms with Crippen molar-refractivity contribution in [3.05, 3.63) is 410 Å². The van der Waals surface area contributed by atoms with Crippen LogP contribution in [-0.4, -0.2) is 45.9 Å². The van der Waals surface area contributed by atoms with Crippen LogP contribution in [0.1, 0.15) is 124 Å². The first-order valence-corrected chi connectivity index (χ1v) is 33.3. The highest BCUT2D eigenvalue weighted by atomic mass is 19.1. The van der Waals surface area contributed by atoms with Crippen LogP contribution in [-0.2, 0) is 26.1 Å². The van der Waals surface area contributed by atoms with E-state index in [1.807, 2.05) is 72.8 Å². The smallest absolute Gasteiger partial charge is 0.275 e. The number of phenols is 2. The van der Waals surface area contributed by atoms with E-state index in [-0.39, 0.29) is 78.9 Å². The minimum Gasteiger partial charge on any atom is -0.508 e. The highest BCUT2D eigenvalue weighted by molar-refractivity contribution is 6.09. The molecule has 0 radical (unpaired) electrons. The van der Waals surface area contributed by atoms with Gasteiger partial charge in [0.2, 0.25) is 5.79 Å². The molecule has 21 nitrogen and oxygen atoms in total. The summed E-state index contributed by atoms with van der Waals surface area (Å²) in [5.41, 5.74) is 4.35. The molecule has 4 unspecified atom stereocenters. The minimum atomic E-state index is -1.78. The van der Waals surface area contributed by atoms with E-state index >= 15 is 0 Å². The number of carbonyl (C=O) groups excluding carboxylic acids is 1. The summed E-state index contributed by atoms with van der Waals surface area (Å²) in [6.07, 6.45) is -5.71. The zero-order valence-electron chi connectivity index (χ0n) is 57.7. The van der Waals surface area contributed by atoms with Crippen LogP contribution in [0.25, 0.3) is 0 Å². The van der Waals surface area contributed by atoms with Gasteiger partial charge >= 0.3 is 0 Å². The van der Waals surface area contributed by atoms with Crippen molar-refractivity contribution >= 4 is 28.5 Å². The maximum Gasteiger partial charge on any atom is 0.275 e. The van der Waals surface area contributed by atoms with Gasteiger partial charge in [0, 0.05) is 57.3 Å². The average Bonchev–Trinajstić information content (AvgIpc) is 1.58. The Morgan fingerprint density at radius 1 is 0.383 bits per heavy atom. The standard InChI is InChI=1S/C42H33FN2O8.C28H23FO3.C14H12N2O6/c1-41(2,27-13-21-32(46)22-14-27)28-15-23-33(24-16-28)51-34-25-17-30(18-26-34)42(29-11-19-31(43)20-12-29)52-39(35-7-3-5-9-37(35)44(47)48)40(53-42)36-8-4-6-10-38(36)45(49)50;1-28(2,21-7-13-24(30)14-8-21)22-9-17-26(18-10-22)32-25-15-5-20(6-16-25)27(31)19-3-11-23(29)12-4-19;17-13(9-5-1-3-7-11(9)15(19)20)14(18)10-6-2-4-8-12(10)16(21)22/h3-26,39-40,46H,1-2H3;3-18,30H,1-2H3;1-8,13-14,17-18H. The number of nitro benzene ring substituents is 4. The van der Waals surface area contributed by atoms with Crippen LogP contribution in [0.3, 0.4) is 0 Å². The molecule has 0 aromatic heterocycles. The van der Waals surface area contributed by atoms with Crippen molar-refractivity contribution in [2.75, 3.05) is 0 Å². The van der Waals surface area contributed by atoms with Gasteiger partial charge in [-0.2, -0.15) is 0 Å². The second-order valence-corrected chi connectivity index (χ2v) is 25.8. The number of aliphatic hydroxyl groups is 2. The first-order valence-electron chi connectivity index (χ1n) is 33.3. The molecule has 540 valence electrons. The molecule has 13 rings (SSSR count). The fraction of sp³-hybridized carbons (Fsp3) is 0.131. The van der Waals surface area contributed by atoms with Crippen molar-refractivity contribution in [3.63, 3.8) is 0 Å². The maximum absolute atomic E-state index is 14.3. The molecule has 107 heavy (non-hydrogen) atoms. The van der Waals surface area contributed by atoms with Crippen molar-refractivity contribution in [1.82, 2.24) is 0 Å². The summed E-state index contributed by atoms with van der Waals surface area (Å²) in [5, 5.41) is 86.0. The number of carbonyl (C=O) groups is 1. The number of benzene rings is 12. The highest BCUT2D eigenvalue weighted by Crippen LogP contribution is 2.57. The molecule has 0 amide bonds. The molecule has 4 atom stereocenters. The van der Waals surface area contributed by atoms with Gasteiger partial charge in [0.1, 0.15) is 70.5 Å². The fourth-order valence-corrected chi connectivity index (χ4v) is 12.4. The third-order valence-corrected chi connectivity index (χ3v) is 18.4. The number of hydrogen-bond donors (Lipinski definition) is 4. The summed E-state index contributed by atoms with van der Waals surface area (Å²) in [4.78, 5) is 56.4. The van der Waals surface area contributed by atoms with Gasteiger partial charge < -0.3 is 39.4 Å². The maximum atomic E-state index is 14.3. The number of nitrogens with zero attached hydrogens (tertiary/aromatic N) is 4. The summed E-state index contributed by atoms with van der Waals surface area (Å²) >= 11 is 0. The number of ketones is 1. The van der Waals surface area contributed by atoms with Crippen molar-refractivity contribution in [2.24, 2.45) is 0 Å². The topological polar surface area (TPSA) is 307 Å². The van der Waals surface area contributed by atoms with Crippen molar-refractivity contribution in [1.29, 1.82) is 0 Å². The van der Waals surface area contributed by atoms with Gasteiger partial charge in [-0.1, -0.05) is 137 Å². The summed E-state index contributed by atoms with van der Waals surface area (Å²) in [5.74, 6) is -0.00816.